The highest BCUT2D eigenvalue weighted by molar-refractivity contribution is 9.10. The van der Waals surface area contributed by atoms with E-state index in [-0.39, 0.29) is 5.91 Å². The van der Waals surface area contributed by atoms with Crippen molar-refractivity contribution in [3.63, 3.8) is 0 Å². The van der Waals surface area contributed by atoms with E-state index >= 15 is 0 Å². The lowest BCUT2D eigenvalue weighted by atomic mass is 10.1. The number of hydrogen-bond donors (Lipinski definition) is 1. The first-order valence-electron chi connectivity index (χ1n) is 6.18. The van der Waals surface area contributed by atoms with E-state index < -0.39 is 0 Å². The number of carbonyl (C=O) groups is 1. The van der Waals surface area contributed by atoms with E-state index in [0.29, 0.717) is 10.2 Å². The third-order valence-electron chi connectivity index (χ3n) is 2.96. The molecule has 0 spiro atoms. The molecule has 0 fully saturated rings. The van der Waals surface area contributed by atoms with Crippen molar-refractivity contribution >= 4 is 33.2 Å². The normalized spacial score (nSPS) is 10.2. The van der Waals surface area contributed by atoms with E-state index in [4.69, 9.17) is 0 Å². The number of aryl methyl sites for hydroxylation is 1. The number of hydrogen-bond acceptors (Lipinski definition) is 3. The average Bonchev–Trinajstić information content (AvgIpc) is 2.41. The summed E-state index contributed by atoms with van der Waals surface area (Å²) in [6.07, 6.45) is 1.54. The molecule has 1 amide bonds. The third kappa shape index (κ3) is 3.36. The van der Waals surface area contributed by atoms with Crippen LogP contribution in [-0.2, 0) is 0 Å². The van der Waals surface area contributed by atoms with Gasteiger partial charge >= 0.3 is 0 Å². The zero-order chi connectivity index (χ0) is 14.7. The Morgan fingerprint density at radius 2 is 2.00 bits per heavy atom. The lowest BCUT2D eigenvalue weighted by molar-refractivity contribution is 0.102. The van der Waals surface area contributed by atoms with Crippen molar-refractivity contribution < 1.29 is 4.79 Å². The van der Waals surface area contributed by atoms with Gasteiger partial charge in [0, 0.05) is 31.7 Å². The molecule has 0 atom stereocenters. The van der Waals surface area contributed by atoms with Crippen LogP contribution < -0.4 is 10.2 Å². The van der Waals surface area contributed by atoms with Crippen molar-refractivity contribution in [3.05, 3.63) is 52.3 Å². The first-order chi connectivity index (χ1) is 9.47. The summed E-state index contributed by atoms with van der Waals surface area (Å²) in [5, 5.41) is 2.90. The highest BCUT2D eigenvalue weighted by Gasteiger charge is 2.09. The fourth-order valence-corrected chi connectivity index (χ4v) is 2.01. The Hall–Kier alpha value is -1.88. The summed E-state index contributed by atoms with van der Waals surface area (Å²) >= 11 is 3.25. The molecular formula is C15H16BrN3O. The Bertz CT molecular complexity index is 624. The number of carbonyl (C=O) groups excluding carboxylic acids is 1. The second-order valence-electron chi connectivity index (χ2n) is 4.72. The second-order valence-corrected chi connectivity index (χ2v) is 5.53. The topological polar surface area (TPSA) is 45.2 Å². The van der Waals surface area contributed by atoms with Gasteiger partial charge in [-0.3, -0.25) is 4.79 Å². The molecule has 104 valence electrons. The molecule has 1 heterocycles. The lowest BCUT2D eigenvalue weighted by Crippen LogP contribution is -2.14. The van der Waals surface area contributed by atoms with Crippen LogP contribution in [0.1, 0.15) is 15.9 Å². The van der Waals surface area contributed by atoms with Gasteiger partial charge in [0.25, 0.3) is 5.91 Å². The van der Waals surface area contributed by atoms with Gasteiger partial charge in [-0.05, 0) is 58.7 Å². The molecule has 0 unspecified atom stereocenters. The Morgan fingerprint density at radius 3 is 2.55 bits per heavy atom. The van der Waals surface area contributed by atoms with Crippen molar-refractivity contribution in [1.29, 1.82) is 0 Å². The fourth-order valence-electron chi connectivity index (χ4n) is 1.77. The monoisotopic (exact) mass is 333 g/mol. The van der Waals surface area contributed by atoms with Gasteiger partial charge in [0.1, 0.15) is 4.60 Å². The number of aromatic nitrogens is 1. The molecule has 1 N–H and O–H groups in total. The standard InChI is InChI=1S/C15H16BrN3O/c1-10-8-12(19(2)3)5-6-13(10)18-15(20)11-4-7-14(16)17-9-11/h4-9H,1-3H3,(H,18,20). The lowest BCUT2D eigenvalue weighted by Gasteiger charge is -2.15. The van der Waals surface area contributed by atoms with Crippen LogP contribution in [0, 0.1) is 6.92 Å². The first-order valence-corrected chi connectivity index (χ1v) is 6.97. The van der Waals surface area contributed by atoms with E-state index in [1.54, 1.807) is 18.3 Å². The molecule has 0 aliphatic rings. The number of rotatable bonds is 3. The molecule has 1 aromatic heterocycles. The van der Waals surface area contributed by atoms with Gasteiger partial charge < -0.3 is 10.2 Å². The summed E-state index contributed by atoms with van der Waals surface area (Å²) in [6.45, 7) is 1.97. The molecule has 2 rings (SSSR count). The quantitative estimate of drug-likeness (QED) is 0.874. The molecule has 0 saturated heterocycles. The van der Waals surface area contributed by atoms with Crippen LogP contribution >= 0.6 is 15.9 Å². The molecule has 0 bridgehead atoms. The van der Waals surface area contributed by atoms with Gasteiger partial charge in [0.05, 0.1) is 5.56 Å². The van der Waals surface area contributed by atoms with Crippen molar-refractivity contribution in [3.8, 4) is 0 Å². The van der Waals surface area contributed by atoms with Gasteiger partial charge in [0.15, 0.2) is 0 Å². The summed E-state index contributed by atoms with van der Waals surface area (Å²) in [5.74, 6) is -0.161. The minimum absolute atomic E-state index is 0.161. The number of halogens is 1. The van der Waals surface area contributed by atoms with Crippen molar-refractivity contribution in [1.82, 2.24) is 4.98 Å². The minimum Gasteiger partial charge on any atom is -0.378 e. The Balaban J connectivity index is 2.17. The van der Waals surface area contributed by atoms with Crippen LogP contribution in [0.2, 0.25) is 0 Å². The van der Waals surface area contributed by atoms with Crippen molar-refractivity contribution in [2.24, 2.45) is 0 Å². The summed E-state index contributed by atoms with van der Waals surface area (Å²) < 4.78 is 0.709. The van der Waals surface area contributed by atoms with Crippen LogP contribution in [0.4, 0.5) is 11.4 Å². The van der Waals surface area contributed by atoms with Gasteiger partial charge in [0.2, 0.25) is 0 Å². The molecule has 20 heavy (non-hydrogen) atoms. The van der Waals surface area contributed by atoms with E-state index in [1.165, 1.54) is 0 Å². The Labute approximate surface area is 127 Å². The van der Waals surface area contributed by atoms with Crippen LogP contribution in [0.5, 0.6) is 0 Å². The Morgan fingerprint density at radius 1 is 1.25 bits per heavy atom. The van der Waals surface area contributed by atoms with E-state index in [9.17, 15) is 4.79 Å². The maximum absolute atomic E-state index is 12.1. The predicted molar refractivity (Wildman–Crippen MR) is 85.4 cm³/mol. The minimum atomic E-state index is -0.161. The maximum Gasteiger partial charge on any atom is 0.257 e. The smallest absolute Gasteiger partial charge is 0.257 e. The molecule has 0 aliphatic carbocycles. The number of nitrogens with zero attached hydrogens (tertiary/aromatic N) is 2. The van der Waals surface area contributed by atoms with Gasteiger partial charge in [-0.2, -0.15) is 0 Å². The molecule has 0 aliphatic heterocycles. The average molecular weight is 334 g/mol. The zero-order valence-corrected chi connectivity index (χ0v) is 13.2. The fraction of sp³-hybridized carbons (Fsp3) is 0.200. The summed E-state index contributed by atoms with van der Waals surface area (Å²) in [7, 11) is 3.97. The zero-order valence-electron chi connectivity index (χ0n) is 11.6. The van der Waals surface area contributed by atoms with Gasteiger partial charge in [-0.1, -0.05) is 0 Å². The van der Waals surface area contributed by atoms with E-state index in [1.807, 2.05) is 44.1 Å². The van der Waals surface area contributed by atoms with E-state index in [0.717, 1.165) is 16.9 Å². The van der Waals surface area contributed by atoms with Crippen LogP contribution in [0.15, 0.2) is 41.1 Å². The summed E-state index contributed by atoms with van der Waals surface area (Å²) in [5.41, 5.74) is 3.47. The molecule has 1 aromatic carbocycles. The SMILES string of the molecule is Cc1cc(N(C)C)ccc1NC(=O)c1ccc(Br)nc1. The predicted octanol–water partition coefficient (Wildman–Crippen LogP) is 3.47. The second kappa shape index (κ2) is 6.05. The molecular weight excluding hydrogens is 318 g/mol. The van der Waals surface area contributed by atoms with Gasteiger partial charge in [-0.15, -0.1) is 0 Å². The highest BCUT2D eigenvalue weighted by Crippen LogP contribution is 2.22. The van der Waals surface area contributed by atoms with Crippen LogP contribution in [-0.4, -0.2) is 25.0 Å². The molecule has 0 saturated carbocycles. The number of nitrogens with one attached hydrogen (secondary N) is 1. The molecule has 4 nitrogen and oxygen atoms in total. The summed E-state index contributed by atoms with van der Waals surface area (Å²) in [4.78, 5) is 18.2. The largest absolute Gasteiger partial charge is 0.378 e. The molecule has 5 heteroatoms. The van der Waals surface area contributed by atoms with Crippen LogP contribution in [0.3, 0.4) is 0 Å². The Kier molecular flexibility index (Phi) is 4.39. The number of anilines is 2. The van der Waals surface area contributed by atoms with Crippen LogP contribution in [0.25, 0.3) is 0 Å². The maximum atomic E-state index is 12.1. The number of amides is 1. The van der Waals surface area contributed by atoms with Crippen molar-refractivity contribution in [2.45, 2.75) is 6.92 Å². The van der Waals surface area contributed by atoms with Gasteiger partial charge in [-0.25, -0.2) is 4.98 Å². The number of pyridine rings is 1. The molecule has 0 radical (unpaired) electrons. The number of benzene rings is 1. The van der Waals surface area contributed by atoms with E-state index in [2.05, 4.69) is 26.2 Å². The highest BCUT2D eigenvalue weighted by atomic mass is 79.9. The third-order valence-corrected chi connectivity index (χ3v) is 3.43. The summed E-state index contributed by atoms with van der Waals surface area (Å²) in [6, 6.07) is 9.40. The van der Waals surface area contributed by atoms with Crippen molar-refractivity contribution in [2.75, 3.05) is 24.3 Å². The molecule has 2 aromatic rings. The first kappa shape index (κ1) is 14.5.